The van der Waals surface area contributed by atoms with E-state index in [0.29, 0.717) is 12.4 Å². The molecule has 21 heavy (non-hydrogen) atoms. The van der Waals surface area contributed by atoms with E-state index in [2.05, 4.69) is 20.8 Å². The van der Waals surface area contributed by atoms with E-state index >= 15 is 0 Å². The Morgan fingerprint density at radius 3 is 2.71 bits per heavy atom. The highest BCUT2D eigenvalue weighted by Crippen LogP contribution is 2.27. The van der Waals surface area contributed by atoms with Gasteiger partial charge in [0.2, 0.25) is 0 Å². The van der Waals surface area contributed by atoms with Crippen LogP contribution in [0.3, 0.4) is 0 Å². The van der Waals surface area contributed by atoms with Crippen molar-refractivity contribution in [3.05, 3.63) is 29.3 Å². The number of nitrogens with zero attached hydrogens (tertiary/aromatic N) is 1. The molecule has 118 valence electrons. The van der Waals surface area contributed by atoms with Crippen molar-refractivity contribution >= 4 is 39.2 Å². The minimum absolute atomic E-state index is 0.0503. The molecular formula is C15H22BrClN2O2. The summed E-state index contributed by atoms with van der Waals surface area (Å²) in [5.41, 5.74) is 8.89. The largest absolute Gasteiger partial charge is 0.481 e. The Labute approximate surface area is 139 Å². The zero-order valence-electron chi connectivity index (χ0n) is 12.2. The molecule has 1 unspecified atom stereocenters. The highest BCUT2D eigenvalue weighted by Gasteiger charge is 2.17. The van der Waals surface area contributed by atoms with Gasteiger partial charge in [0.25, 0.3) is 0 Å². The van der Waals surface area contributed by atoms with E-state index < -0.39 is 5.97 Å². The Balaban J connectivity index is 3.09. The van der Waals surface area contributed by atoms with Gasteiger partial charge in [-0.25, -0.2) is 0 Å². The quantitative estimate of drug-likeness (QED) is 0.649. The fourth-order valence-corrected chi connectivity index (χ4v) is 3.00. The van der Waals surface area contributed by atoms with Gasteiger partial charge in [-0.15, -0.1) is 11.6 Å². The Morgan fingerprint density at radius 2 is 2.19 bits per heavy atom. The van der Waals surface area contributed by atoms with Crippen LogP contribution in [-0.4, -0.2) is 41.9 Å². The van der Waals surface area contributed by atoms with Crippen LogP contribution >= 0.6 is 27.5 Å². The minimum atomic E-state index is -0.826. The van der Waals surface area contributed by atoms with Crippen LogP contribution in [0.25, 0.3) is 0 Å². The normalized spacial score (nSPS) is 12.2. The molecule has 0 radical (unpaired) electrons. The maximum absolute atomic E-state index is 11.0. The number of alkyl halides is 2. The second kappa shape index (κ2) is 9.28. The Morgan fingerprint density at radius 1 is 1.48 bits per heavy atom. The lowest BCUT2D eigenvalue weighted by Crippen LogP contribution is -2.28. The van der Waals surface area contributed by atoms with Crippen molar-refractivity contribution in [1.29, 1.82) is 0 Å². The fourth-order valence-electron chi connectivity index (χ4n) is 2.37. The second-order valence-corrected chi connectivity index (χ2v) is 6.11. The van der Waals surface area contributed by atoms with E-state index in [1.165, 1.54) is 0 Å². The zero-order chi connectivity index (χ0) is 15.8. The lowest BCUT2D eigenvalue weighted by Gasteiger charge is -2.25. The van der Waals surface area contributed by atoms with Crippen LogP contribution in [0.2, 0.25) is 0 Å². The van der Waals surface area contributed by atoms with Crippen LogP contribution in [0.4, 0.5) is 5.69 Å². The summed E-state index contributed by atoms with van der Waals surface area (Å²) in [7, 11) is 0. The number of carbonyl (C=O) groups is 1. The third-order valence-corrected chi connectivity index (χ3v) is 4.01. The SMILES string of the molecule is Cc1ccc(N(CCCl)CCBr)cc1C(CN)CC(=O)O. The summed E-state index contributed by atoms with van der Waals surface area (Å²) in [6, 6.07) is 6.11. The topological polar surface area (TPSA) is 66.6 Å². The molecule has 0 bridgehead atoms. The van der Waals surface area contributed by atoms with Gasteiger partial charge in [0.15, 0.2) is 0 Å². The van der Waals surface area contributed by atoms with Gasteiger partial charge in [-0.05, 0) is 36.7 Å². The zero-order valence-corrected chi connectivity index (χ0v) is 14.5. The number of carboxylic acid groups (broad SMARTS) is 1. The molecule has 1 aromatic rings. The molecule has 0 aliphatic rings. The molecule has 3 N–H and O–H groups in total. The summed E-state index contributed by atoms with van der Waals surface area (Å²) in [5.74, 6) is -0.441. The van der Waals surface area contributed by atoms with Gasteiger partial charge in [0.05, 0.1) is 6.42 Å². The molecule has 0 aliphatic carbocycles. The molecule has 0 saturated heterocycles. The van der Waals surface area contributed by atoms with Gasteiger partial charge < -0.3 is 15.7 Å². The van der Waals surface area contributed by atoms with Crippen molar-refractivity contribution in [2.45, 2.75) is 19.3 Å². The average molecular weight is 378 g/mol. The summed E-state index contributed by atoms with van der Waals surface area (Å²) in [5, 5.41) is 9.87. The van der Waals surface area contributed by atoms with Gasteiger partial charge in [-0.3, -0.25) is 4.79 Å². The molecule has 1 atom stereocenters. The number of aryl methyl sites for hydroxylation is 1. The Kier molecular flexibility index (Phi) is 8.07. The van der Waals surface area contributed by atoms with Crippen LogP contribution in [0.5, 0.6) is 0 Å². The monoisotopic (exact) mass is 376 g/mol. The van der Waals surface area contributed by atoms with Crippen molar-refractivity contribution in [1.82, 2.24) is 0 Å². The first-order chi connectivity index (χ1) is 10.0. The molecule has 0 fully saturated rings. The van der Waals surface area contributed by atoms with Gasteiger partial charge in [-0.2, -0.15) is 0 Å². The maximum atomic E-state index is 11.0. The van der Waals surface area contributed by atoms with Crippen LogP contribution in [-0.2, 0) is 4.79 Å². The molecule has 0 saturated carbocycles. The molecule has 4 nitrogen and oxygen atoms in total. The molecule has 0 aliphatic heterocycles. The number of aliphatic carboxylic acids is 1. The van der Waals surface area contributed by atoms with E-state index in [1.807, 2.05) is 25.1 Å². The van der Waals surface area contributed by atoms with Crippen molar-refractivity contribution in [3.8, 4) is 0 Å². The third-order valence-electron chi connectivity index (χ3n) is 3.48. The smallest absolute Gasteiger partial charge is 0.304 e. The van der Waals surface area contributed by atoms with Crippen LogP contribution in [0.15, 0.2) is 18.2 Å². The fraction of sp³-hybridized carbons (Fsp3) is 0.533. The average Bonchev–Trinajstić information content (AvgIpc) is 2.45. The first kappa shape index (κ1) is 18.3. The molecule has 0 spiro atoms. The van der Waals surface area contributed by atoms with Gasteiger partial charge in [-0.1, -0.05) is 22.0 Å². The molecule has 1 aromatic carbocycles. The number of rotatable bonds is 9. The van der Waals surface area contributed by atoms with Gasteiger partial charge in [0, 0.05) is 35.9 Å². The first-order valence-corrected chi connectivity index (χ1v) is 8.58. The van der Waals surface area contributed by atoms with Crippen molar-refractivity contribution in [3.63, 3.8) is 0 Å². The summed E-state index contributed by atoms with van der Waals surface area (Å²) in [4.78, 5) is 13.2. The van der Waals surface area contributed by atoms with Gasteiger partial charge in [0.1, 0.15) is 0 Å². The highest BCUT2D eigenvalue weighted by molar-refractivity contribution is 9.09. The van der Waals surface area contributed by atoms with E-state index in [-0.39, 0.29) is 12.3 Å². The second-order valence-electron chi connectivity index (χ2n) is 4.94. The van der Waals surface area contributed by atoms with Crippen molar-refractivity contribution in [2.24, 2.45) is 5.73 Å². The molecule has 6 heteroatoms. The van der Waals surface area contributed by atoms with E-state index in [0.717, 1.165) is 35.2 Å². The molecule has 0 heterocycles. The van der Waals surface area contributed by atoms with E-state index in [4.69, 9.17) is 22.4 Å². The lowest BCUT2D eigenvalue weighted by molar-refractivity contribution is -0.137. The minimum Gasteiger partial charge on any atom is -0.481 e. The predicted octanol–water partition coefficient (Wildman–Crippen LogP) is 2.95. The molecule has 1 rings (SSSR count). The number of benzene rings is 1. The summed E-state index contributed by atoms with van der Waals surface area (Å²) >= 11 is 9.30. The number of anilines is 1. The molecular weight excluding hydrogens is 356 g/mol. The number of halogens is 2. The van der Waals surface area contributed by atoms with E-state index in [1.54, 1.807) is 0 Å². The molecule has 0 aromatic heterocycles. The Hall–Kier alpha value is -0.780. The summed E-state index contributed by atoms with van der Waals surface area (Å²) in [6.45, 7) is 3.91. The Bertz CT molecular complexity index is 465. The first-order valence-electron chi connectivity index (χ1n) is 6.92. The van der Waals surface area contributed by atoms with Crippen molar-refractivity contribution < 1.29 is 9.90 Å². The number of hydrogen-bond acceptors (Lipinski definition) is 3. The summed E-state index contributed by atoms with van der Waals surface area (Å²) < 4.78 is 0. The number of nitrogens with two attached hydrogens (primary N) is 1. The molecule has 0 amide bonds. The third kappa shape index (κ3) is 5.49. The van der Waals surface area contributed by atoms with Gasteiger partial charge >= 0.3 is 5.97 Å². The number of hydrogen-bond donors (Lipinski definition) is 2. The predicted molar refractivity (Wildman–Crippen MR) is 92.0 cm³/mol. The van der Waals surface area contributed by atoms with Crippen LogP contribution in [0, 0.1) is 6.92 Å². The maximum Gasteiger partial charge on any atom is 0.304 e. The lowest BCUT2D eigenvalue weighted by atomic mass is 9.91. The standard InChI is InChI=1S/C15H22BrClN2O2/c1-11-2-3-13(19(6-4-16)7-5-17)9-14(11)12(10-18)8-15(20)21/h2-3,9,12H,4-8,10,18H2,1H3,(H,20,21). The summed E-state index contributed by atoms with van der Waals surface area (Å²) in [6.07, 6.45) is 0.0503. The van der Waals surface area contributed by atoms with Crippen LogP contribution in [0.1, 0.15) is 23.5 Å². The van der Waals surface area contributed by atoms with Crippen LogP contribution < -0.4 is 10.6 Å². The van der Waals surface area contributed by atoms with E-state index in [9.17, 15) is 4.79 Å². The van der Waals surface area contributed by atoms with Crippen molar-refractivity contribution in [2.75, 3.05) is 35.7 Å². The highest BCUT2D eigenvalue weighted by atomic mass is 79.9. The number of carboxylic acids is 1.